The molecule has 0 bridgehead atoms. The van der Waals surface area contributed by atoms with Crippen molar-refractivity contribution in [2.45, 2.75) is 0 Å². The molecule has 0 amide bonds. The maximum Gasteiger partial charge on any atom is 0.128 e. The van der Waals surface area contributed by atoms with Gasteiger partial charge in [-0.2, -0.15) is 0 Å². The summed E-state index contributed by atoms with van der Waals surface area (Å²) in [5.41, 5.74) is 0.650. The minimum absolute atomic E-state index is 0.650. The van der Waals surface area contributed by atoms with Crippen LogP contribution in [0.15, 0.2) is 22.0 Å². The first kappa shape index (κ1) is 5.81. The molecule has 0 N–H and O–H groups in total. The average molecular weight is 126 g/mol. The smallest absolute Gasteiger partial charge is 0.128 e. The van der Waals surface area contributed by atoms with Gasteiger partial charge in [-0.15, -0.1) is 0 Å². The van der Waals surface area contributed by atoms with Gasteiger partial charge in [-0.05, 0) is 0 Å². The number of aromatic nitrogens is 1. The summed E-state index contributed by atoms with van der Waals surface area (Å²) in [5.74, 6) is 0. The second kappa shape index (κ2) is 2.86. The molecule has 0 aliphatic heterocycles. The third kappa shape index (κ3) is 1.56. The lowest BCUT2D eigenvalue weighted by Crippen LogP contribution is -1.78. The van der Waals surface area contributed by atoms with Crippen LogP contribution in [0.1, 0.15) is 5.69 Å². The van der Waals surface area contributed by atoms with Crippen LogP contribution in [-0.2, 0) is 4.84 Å². The van der Waals surface area contributed by atoms with Gasteiger partial charge in [-0.3, -0.25) is 0 Å². The first-order valence-electron chi connectivity index (χ1n) is 2.40. The third-order valence-electron chi connectivity index (χ3n) is 0.748. The predicted molar refractivity (Wildman–Crippen MR) is 31.1 cm³/mol. The normalized spacial score (nSPS) is 10.3. The predicted octanol–water partition coefficient (Wildman–Crippen LogP) is 0.655. The third-order valence-corrected chi connectivity index (χ3v) is 0.748. The van der Waals surface area contributed by atoms with Gasteiger partial charge in [0.1, 0.15) is 19.1 Å². The monoisotopic (exact) mass is 126 g/mol. The Labute approximate surface area is 52.1 Å². The molecule has 4 heteroatoms. The Kier molecular flexibility index (Phi) is 1.85. The van der Waals surface area contributed by atoms with Gasteiger partial charge in [0, 0.05) is 6.07 Å². The molecule has 4 nitrogen and oxygen atoms in total. The summed E-state index contributed by atoms with van der Waals surface area (Å²) in [7, 11) is 1.47. The number of hydrogen-bond acceptors (Lipinski definition) is 4. The summed E-state index contributed by atoms with van der Waals surface area (Å²) < 4.78 is 4.51. The van der Waals surface area contributed by atoms with Crippen molar-refractivity contribution in [1.29, 1.82) is 0 Å². The maximum absolute atomic E-state index is 4.51. The Morgan fingerprint density at radius 3 is 3.33 bits per heavy atom. The van der Waals surface area contributed by atoms with Crippen molar-refractivity contribution in [1.82, 2.24) is 5.16 Å². The van der Waals surface area contributed by atoms with Crippen LogP contribution in [0.4, 0.5) is 0 Å². The van der Waals surface area contributed by atoms with Gasteiger partial charge in [0.15, 0.2) is 0 Å². The van der Waals surface area contributed by atoms with Crippen LogP contribution >= 0.6 is 0 Å². The van der Waals surface area contributed by atoms with E-state index in [0.29, 0.717) is 5.69 Å². The van der Waals surface area contributed by atoms with Crippen molar-refractivity contribution in [2.24, 2.45) is 5.16 Å². The molecule has 0 fully saturated rings. The van der Waals surface area contributed by atoms with E-state index in [1.807, 2.05) is 0 Å². The minimum Gasteiger partial charge on any atom is -0.399 e. The molecule has 0 saturated heterocycles. The van der Waals surface area contributed by atoms with Gasteiger partial charge in [-0.1, -0.05) is 10.3 Å². The molecular weight excluding hydrogens is 120 g/mol. The number of hydrogen-bond donors (Lipinski definition) is 0. The molecule has 0 aliphatic carbocycles. The summed E-state index contributed by atoms with van der Waals surface area (Å²) >= 11 is 0. The van der Waals surface area contributed by atoms with Crippen molar-refractivity contribution in [3.8, 4) is 0 Å². The quantitative estimate of drug-likeness (QED) is 0.432. The zero-order valence-corrected chi connectivity index (χ0v) is 4.94. The van der Waals surface area contributed by atoms with Crippen molar-refractivity contribution in [3.63, 3.8) is 0 Å². The molecule has 0 unspecified atom stereocenters. The minimum atomic E-state index is 0.650. The van der Waals surface area contributed by atoms with Gasteiger partial charge in [-0.25, -0.2) is 0 Å². The summed E-state index contributed by atoms with van der Waals surface area (Å²) in [6.07, 6.45) is 2.93. The standard InChI is InChI=1S/C5H6N2O2/c1-8-6-4-5-2-3-9-7-5/h2-4H,1H3. The fourth-order valence-electron chi connectivity index (χ4n) is 0.395. The fourth-order valence-corrected chi connectivity index (χ4v) is 0.395. The van der Waals surface area contributed by atoms with Gasteiger partial charge >= 0.3 is 0 Å². The van der Waals surface area contributed by atoms with E-state index in [1.54, 1.807) is 6.07 Å². The molecule has 0 aliphatic rings. The van der Waals surface area contributed by atoms with E-state index in [4.69, 9.17) is 0 Å². The van der Waals surface area contributed by atoms with Crippen LogP contribution in [0.2, 0.25) is 0 Å². The van der Waals surface area contributed by atoms with Crippen LogP contribution in [0, 0.1) is 0 Å². The zero-order chi connectivity index (χ0) is 6.53. The van der Waals surface area contributed by atoms with Gasteiger partial charge < -0.3 is 9.36 Å². The Balaban J connectivity index is 2.57. The van der Waals surface area contributed by atoms with Crippen molar-refractivity contribution in [2.75, 3.05) is 7.11 Å². The van der Waals surface area contributed by atoms with Gasteiger partial charge in [0.25, 0.3) is 0 Å². The van der Waals surface area contributed by atoms with E-state index in [0.717, 1.165) is 0 Å². The second-order valence-electron chi connectivity index (χ2n) is 1.34. The molecule has 48 valence electrons. The maximum atomic E-state index is 4.51. The van der Waals surface area contributed by atoms with E-state index in [9.17, 15) is 0 Å². The summed E-state index contributed by atoms with van der Waals surface area (Å²) in [6.45, 7) is 0. The number of nitrogens with zero attached hydrogens (tertiary/aromatic N) is 2. The van der Waals surface area contributed by atoms with E-state index in [-0.39, 0.29) is 0 Å². The van der Waals surface area contributed by atoms with E-state index in [1.165, 1.54) is 19.6 Å². The Hall–Kier alpha value is -1.32. The highest BCUT2D eigenvalue weighted by Crippen LogP contribution is 1.88. The summed E-state index contributed by atoms with van der Waals surface area (Å²) in [4.78, 5) is 4.40. The molecule has 9 heavy (non-hydrogen) atoms. The van der Waals surface area contributed by atoms with Crippen LogP contribution in [-0.4, -0.2) is 18.5 Å². The molecule has 1 aromatic heterocycles. The molecule has 0 saturated carbocycles. The van der Waals surface area contributed by atoms with E-state index >= 15 is 0 Å². The highest BCUT2D eigenvalue weighted by molar-refractivity contribution is 5.75. The van der Waals surface area contributed by atoms with Crippen molar-refractivity contribution < 1.29 is 9.36 Å². The lowest BCUT2D eigenvalue weighted by molar-refractivity contribution is 0.215. The highest BCUT2D eigenvalue weighted by atomic mass is 16.6. The SMILES string of the molecule is CON=Cc1ccon1. The highest BCUT2D eigenvalue weighted by Gasteiger charge is 1.87. The molecule has 0 aromatic carbocycles. The summed E-state index contributed by atoms with van der Waals surface area (Å²) in [5, 5.41) is 7.02. The summed E-state index contributed by atoms with van der Waals surface area (Å²) in [6, 6.07) is 1.68. The van der Waals surface area contributed by atoms with E-state index < -0.39 is 0 Å². The largest absolute Gasteiger partial charge is 0.399 e. The molecule has 0 radical (unpaired) electrons. The first-order chi connectivity index (χ1) is 4.43. The fraction of sp³-hybridized carbons (Fsp3) is 0.200. The van der Waals surface area contributed by atoms with Crippen LogP contribution < -0.4 is 0 Å². The van der Waals surface area contributed by atoms with Gasteiger partial charge in [0.2, 0.25) is 0 Å². The van der Waals surface area contributed by atoms with E-state index in [2.05, 4.69) is 19.7 Å². The molecule has 0 atom stereocenters. The topological polar surface area (TPSA) is 47.6 Å². The van der Waals surface area contributed by atoms with Crippen molar-refractivity contribution >= 4 is 6.21 Å². The zero-order valence-electron chi connectivity index (χ0n) is 4.94. The van der Waals surface area contributed by atoms with Crippen molar-refractivity contribution in [3.05, 3.63) is 18.0 Å². The first-order valence-corrected chi connectivity index (χ1v) is 2.40. The molecule has 1 heterocycles. The Morgan fingerprint density at radius 2 is 2.78 bits per heavy atom. The van der Waals surface area contributed by atoms with Crippen LogP contribution in [0.3, 0.4) is 0 Å². The lowest BCUT2D eigenvalue weighted by Gasteiger charge is -1.79. The molecule has 1 aromatic rings. The molecule has 0 spiro atoms. The number of rotatable bonds is 2. The second-order valence-corrected chi connectivity index (χ2v) is 1.34. The lowest BCUT2D eigenvalue weighted by atomic mass is 10.5. The van der Waals surface area contributed by atoms with Gasteiger partial charge in [0.05, 0.1) is 6.21 Å². The Bertz CT molecular complexity index is 181. The number of oxime groups is 1. The van der Waals surface area contributed by atoms with Crippen LogP contribution in [0.5, 0.6) is 0 Å². The Morgan fingerprint density at radius 1 is 1.89 bits per heavy atom. The van der Waals surface area contributed by atoms with Crippen LogP contribution in [0.25, 0.3) is 0 Å². The molecule has 1 rings (SSSR count). The average Bonchev–Trinajstić information content (AvgIpc) is 2.34. The molecular formula is C5H6N2O2.